The van der Waals surface area contributed by atoms with Crippen LogP contribution in [0.3, 0.4) is 0 Å². The van der Waals surface area contributed by atoms with Gasteiger partial charge in [-0.25, -0.2) is 13.2 Å². The minimum Gasteiger partial charge on any atom is -0.467 e. The fraction of sp³-hybridized carbons (Fsp3) is 0.323. The zero-order valence-electron chi connectivity index (χ0n) is 23.4. The molecule has 202 valence electrons. The highest BCUT2D eigenvalue weighted by atomic mass is 32.2. The molecule has 0 amide bonds. The van der Waals surface area contributed by atoms with Gasteiger partial charge in [0.2, 0.25) is 10.0 Å². The van der Waals surface area contributed by atoms with E-state index in [2.05, 4.69) is 4.72 Å². The molecule has 0 saturated heterocycles. The fourth-order valence-electron chi connectivity index (χ4n) is 4.42. The van der Waals surface area contributed by atoms with Gasteiger partial charge >= 0.3 is 5.97 Å². The third-order valence-electron chi connectivity index (χ3n) is 6.12. The van der Waals surface area contributed by atoms with Gasteiger partial charge in [0.15, 0.2) is 6.10 Å². The van der Waals surface area contributed by atoms with Crippen molar-refractivity contribution in [3.8, 4) is 11.1 Å². The quantitative estimate of drug-likeness (QED) is 0.252. The lowest BCUT2D eigenvalue weighted by Gasteiger charge is -2.31. The summed E-state index contributed by atoms with van der Waals surface area (Å²) in [6.45, 7) is 11.3. The maximum Gasteiger partial charge on any atom is 0.339 e. The maximum absolute atomic E-state index is 13.2. The van der Waals surface area contributed by atoms with Gasteiger partial charge in [0.05, 0.1) is 24.7 Å². The number of anilines is 1. The van der Waals surface area contributed by atoms with Crippen LogP contribution in [0.2, 0.25) is 0 Å². The van der Waals surface area contributed by atoms with Gasteiger partial charge in [-0.3, -0.25) is 4.72 Å². The van der Waals surface area contributed by atoms with E-state index in [1.165, 1.54) is 7.11 Å². The number of ether oxygens (including phenoxy) is 2. The average Bonchev–Trinajstić information content (AvgIpc) is 2.84. The number of hydrogen-bond donors (Lipinski definition) is 1. The van der Waals surface area contributed by atoms with Crippen LogP contribution in [-0.2, 0) is 24.3 Å². The summed E-state index contributed by atoms with van der Waals surface area (Å²) in [6.07, 6.45) is 3.88. The van der Waals surface area contributed by atoms with Crippen molar-refractivity contribution < 1.29 is 22.7 Å². The summed E-state index contributed by atoms with van der Waals surface area (Å²) in [5.74, 6) is -0.561. The van der Waals surface area contributed by atoms with Crippen LogP contribution in [-0.4, -0.2) is 33.4 Å². The molecular weight excluding hydrogens is 498 g/mol. The molecule has 0 bridgehead atoms. The third kappa shape index (κ3) is 7.11. The van der Waals surface area contributed by atoms with Gasteiger partial charge in [0.25, 0.3) is 0 Å². The zero-order chi connectivity index (χ0) is 28.3. The summed E-state index contributed by atoms with van der Waals surface area (Å²) in [5, 5.41) is 0. The van der Waals surface area contributed by atoms with Crippen molar-refractivity contribution in [2.24, 2.45) is 0 Å². The van der Waals surface area contributed by atoms with Crippen LogP contribution in [0.1, 0.15) is 60.3 Å². The molecule has 0 fully saturated rings. The molecule has 1 atom stereocenters. The zero-order valence-corrected chi connectivity index (χ0v) is 24.2. The molecule has 0 aliphatic heterocycles. The van der Waals surface area contributed by atoms with Gasteiger partial charge in [-0.05, 0) is 69.4 Å². The first kappa shape index (κ1) is 29.1. The number of benzene rings is 3. The van der Waals surface area contributed by atoms with E-state index in [0.29, 0.717) is 22.4 Å². The molecule has 38 heavy (non-hydrogen) atoms. The molecule has 0 radical (unpaired) electrons. The summed E-state index contributed by atoms with van der Waals surface area (Å²) in [7, 11) is -2.33. The van der Waals surface area contributed by atoms with Crippen molar-refractivity contribution >= 4 is 33.8 Å². The summed E-state index contributed by atoms with van der Waals surface area (Å²) < 4.78 is 39.2. The van der Waals surface area contributed by atoms with Gasteiger partial charge in [-0.1, -0.05) is 72.3 Å². The second kappa shape index (κ2) is 11.5. The lowest BCUT2D eigenvalue weighted by Crippen LogP contribution is -2.29. The molecule has 1 N–H and O–H groups in total. The second-order valence-electron chi connectivity index (χ2n) is 10.4. The number of sulfonamides is 1. The Morgan fingerprint density at radius 1 is 0.921 bits per heavy atom. The Morgan fingerprint density at radius 3 is 2.05 bits per heavy atom. The number of nitrogens with one attached hydrogen (secondary N) is 1. The van der Waals surface area contributed by atoms with Gasteiger partial charge < -0.3 is 9.47 Å². The van der Waals surface area contributed by atoms with Crippen LogP contribution < -0.4 is 4.72 Å². The van der Waals surface area contributed by atoms with Crippen LogP contribution >= 0.6 is 0 Å². The number of hydrogen-bond acceptors (Lipinski definition) is 5. The van der Waals surface area contributed by atoms with Crippen LogP contribution in [0.5, 0.6) is 0 Å². The van der Waals surface area contributed by atoms with E-state index in [9.17, 15) is 13.2 Å². The number of esters is 1. The van der Waals surface area contributed by atoms with Crippen molar-refractivity contribution in [2.45, 2.75) is 53.2 Å². The predicted molar refractivity (Wildman–Crippen MR) is 156 cm³/mol. The minimum atomic E-state index is -3.65. The number of methoxy groups -OCH3 is 1. The normalized spacial score (nSPS) is 12.9. The summed E-state index contributed by atoms with van der Waals surface area (Å²) in [6, 6.07) is 17.8. The first-order valence-electron chi connectivity index (χ1n) is 12.4. The molecule has 0 spiro atoms. The minimum absolute atomic E-state index is 0.398. The van der Waals surface area contributed by atoms with Gasteiger partial charge in [0, 0.05) is 11.1 Å². The van der Waals surface area contributed by atoms with Crippen molar-refractivity contribution in [1.29, 1.82) is 0 Å². The lowest BCUT2D eigenvalue weighted by atomic mass is 9.84. The van der Waals surface area contributed by atoms with Gasteiger partial charge in [-0.15, -0.1) is 0 Å². The van der Waals surface area contributed by atoms with Crippen LogP contribution in [0.4, 0.5) is 5.69 Å². The van der Waals surface area contributed by atoms with Crippen molar-refractivity contribution in [3.05, 3.63) is 88.0 Å². The van der Waals surface area contributed by atoms with E-state index >= 15 is 0 Å². The predicted octanol–water partition coefficient (Wildman–Crippen LogP) is 6.85. The summed E-state index contributed by atoms with van der Waals surface area (Å²) in [4.78, 5) is 13.2. The lowest BCUT2D eigenvalue weighted by molar-refractivity contribution is -0.164. The smallest absolute Gasteiger partial charge is 0.339 e. The Bertz CT molecular complexity index is 1430. The Kier molecular flexibility index (Phi) is 8.85. The highest BCUT2D eigenvalue weighted by molar-refractivity contribution is 7.92. The Balaban J connectivity index is 2.47. The average molecular weight is 536 g/mol. The molecule has 3 aromatic carbocycles. The Morgan fingerprint density at radius 2 is 1.53 bits per heavy atom. The second-order valence-corrected chi connectivity index (χ2v) is 12.2. The number of rotatable bonds is 8. The molecule has 6 nitrogen and oxygen atoms in total. The summed E-state index contributed by atoms with van der Waals surface area (Å²) in [5.41, 5.74) is 6.13. The van der Waals surface area contributed by atoms with Crippen molar-refractivity contribution in [1.82, 2.24) is 0 Å². The Hall–Kier alpha value is -3.42. The highest BCUT2D eigenvalue weighted by Crippen LogP contribution is 2.44. The van der Waals surface area contributed by atoms with Gasteiger partial charge in [0.1, 0.15) is 0 Å². The highest BCUT2D eigenvalue weighted by Gasteiger charge is 2.34. The van der Waals surface area contributed by atoms with E-state index in [4.69, 9.17) is 9.47 Å². The number of carbonyl (C=O) groups is 1. The van der Waals surface area contributed by atoms with E-state index < -0.39 is 27.7 Å². The van der Waals surface area contributed by atoms with Crippen molar-refractivity contribution in [3.63, 3.8) is 0 Å². The first-order valence-corrected chi connectivity index (χ1v) is 14.3. The van der Waals surface area contributed by atoms with E-state index in [1.54, 1.807) is 0 Å². The number of aryl methyl sites for hydroxylation is 1. The van der Waals surface area contributed by atoms with Crippen LogP contribution in [0, 0.1) is 20.8 Å². The molecule has 0 aliphatic carbocycles. The van der Waals surface area contributed by atoms with E-state index in [1.807, 2.05) is 108 Å². The van der Waals surface area contributed by atoms with Gasteiger partial charge in [-0.2, -0.15) is 0 Å². The monoisotopic (exact) mass is 535 g/mol. The van der Waals surface area contributed by atoms with Crippen LogP contribution in [0.15, 0.2) is 54.6 Å². The van der Waals surface area contributed by atoms with Crippen molar-refractivity contribution in [2.75, 3.05) is 18.1 Å². The third-order valence-corrected chi connectivity index (χ3v) is 6.69. The standard InChI is InChI=1S/C31H37NO5S/c1-20-14-17-24(18-15-20)26-21(2)25(19-16-23-12-10-9-11-13-23)28(32-38(8,34)35)22(3)27(26)29(30(33)36-7)37-31(4,5)6/h9-19,29,32H,1-8H3/t29-/m0/s1. The maximum atomic E-state index is 13.2. The number of carbonyl (C=O) groups excluding carboxylic acids is 1. The topological polar surface area (TPSA) is 81.7 Å². The molecule has 0 aromatic heterocycles. The summed E-state index contributed by atoms with van der Waals surface area (Å²) >= 11 is 0. The largest absolute Gasteiger partial charge is 0.467 e. The molecular formula is C31H37NO5S. The molecule has 0 unspecified atom stereocenters. The molecule has 0 heterocycles. The molecule has 3 aromatic rings. The van der Waals surface area contributed by atoms with E-state index in [-0.39, 0.29) is 0 Å². The molecule has 0 saturated carbocycles. The van der Waals surface area contributed by atoms with E-state index in [0.717, 1.165) is 34.1 Å². The molecule has 0 aliphatic rings. The molecule has 3 rings (SSSR count). The fourth-order valence-corrected chi connectivity index (χ4v) is 5.06. The first-order chi connectivity index (χ1) is 17.7. The Labute approximate surface area is 226 Å². The van der Waals surface area contributed by atoms with Crippen LogP contribution in [0.25, 0.3) is 23.3 Å². The SMILES string of the molecule is COC(=O)[C@@H](OC(C)(C)C)c1c(C)c(NS(C)(=O)=O)c(C=Cc2ccccc2)c(C)c1-c1ccc(C)cc1. The molecule has 7 heteroatoms.